The summed E-state index contributed by atoms with van der Waals surface area (Å²) >= 11 is 0. The second-order valence-electron chi connectivity index (χ2n) is 5.61. The first-order valence-corrected chi connectivity index (χ1v) is 6.52. The second kappa shape index (κ2) is 5.28. The molecule has 2 N–H and O–H groups in total. The van der Waals surface area contributed by atoms with Crippen LogP contribution in [-0.2, 0) is 11.0 Å². The first-order chi connectivity index (χ1) is 10.0. The van der Waals surface area contributed by atoms with E-state index in [1.807, 2.05) is 0 Å². The molecule has 2 rings (SSSR count). The summed E-state index contributed by atoms with van der Waals surface area (Å²) in [5, 5.41) is 12.5. The third kappa shape index (κ3) is 3.06. The van der Waals surface area contributed by atoms with E-state index in [1.165, 1.54) is 13.8 Å². The molecule has 1 heterocycles. The summed E-state index contributed by atoms with van der Waals surface area (Å²) in [6, 6.07) is 3.29. The Labute approximate surface area is 124 Å². The van der Waals surface area contributed by atoms with Crippen molar-refractivity contribution in [1.29, 1.82) is 0 Å². The van der Waals surface area contributed by atoms with Crippen LogP contribution < -0.4 is 5.32 Å². The minimum absolute atomic E-state index is 0.193. The van der Waals surface area contributed by atoms with Gasteiger partial charge in [0.1, 0.15) is 5.54 Å². The zero-order chi connectivity index (χ0) is 16.7. The number of aliphatic hydroxyl groups excluding tert-OH is 1. The Morgan fingerprint density at radius 1 is 1.23 bits per heavy atom. The number of imide groups is 1. The summed E-state index contributed by atoms with van der Waals surface area (Å²) in [6.07, 6.45) is -5.72. The third-order valence-electron chi connectivity index (χ3n) is 3.42. The van der Waals surface area contributed by atoms with Crippen LogP contribution in [0.15, 0.2) is 24.3 Å². The number of urea groups is 1. The molecule has 0 radical (unpaired) electrons. The molecule has 1 unspecified atom stereocenters. The molecule has 1 aromatic carbocycles. The van der Waals surface area contributed by atoms with Crippen LogP contribution in [-0.4, -0.2) is 34.0 Å². The van der Waals surface area contributed by atoms with Gasteiger partial charge < -0.3 is 10.4 Å². The van der Waals surface area contributed by atoms with Crippen molar-refractivity contribution in [1.82, 2.24) is 10.2 Å². The van der Waals surface area contributed by atoms with E-state index in [1.54, 1.807) is 0 Å². The van der Waals surface area contributed by atoms with E-state index >= 15 is 0 Å². The number of amides is 3. The summed E-state index contributed by atoms with van der Waals surface area (Å²) in [5.41, 5.74) is -1.70. The average Bonchev–Trinajstić information content (AvgIpc) is 2.60. The molecule has 8 heteroatoms. The molecule has 120 valence electrons. The van der Waals surface area contributed by atoms with Crippen molar-refractivity contribution in [3.05, 3.63) is 35.4 Å². The number of benzene rings is 1. The standard InChI is InChI=1S/C14H15F3N2O3/c1-13(2)11(21)19(12(22)18-13)7-10(20)8-3-5-9(6-4-8)14(15,16)17/h3-6,10,20H,7H2,1-2H3,(H,18,22). The molecule has 0 aliphatic carbocycles. The molecule has 1 aromatic rings. The van der Waals surface area contributed by atoms with E-state index in [9.17, 15) is 27.9 Å². The van der Waals surface area contributed by atoms with Crippen molar-refractivity contribution in [3.63, 3.8) is 0 Å². The maximum absolute atomic E-state index is 12.5. The maximum Gasteiger partial charge on any atom is 0.416 e. The fourth-order valence-electron chi connectivity index (χ4n) is 2.16. The average molecular weight is 316 g/mol. The predicted molar refractivity (Wildman–Crippen MR) is 70.7 cm³/mol. The molecule has 0 bridgehead atoms. The van der Waals surface area contributed by atoms with Gasteiger partial charge in [0.05, 0.1) is 18.2 Å². The van der Waals surface area contributed by atoms with Gasteiger partial charge in [-0.3, -0.25) is 9.69 Å². The molecule has 1 saturated heterocycles. The molecule has 0 spiro atoms. The predicted octanol–water partition coefficient (Wildman–Crippen LogP) is 2.07. The number of aliphatic hydroxyl groups is 1. The van der Waals surface area contributed by atoms with Crippen molar-refractivity contribution >= 4 is 11.9 Å². The summed E-state index contributed by atoms with van der Waals surface area (Å²) in [6.45, 7) is 2.73. The van der Waals surface area contributed by atoms with Crippen LogP contribution >= 0.6 is 0 Å². The van der Waals surface area contributed by atoms with E-state index in [0.717, 1.165) is 29.2 Å². The smallest absolute Gasteiger partial charge is 0.387 e. The van der Waals surface area contributed by atoms with Gasteiger partial charge in [0, 0.05) is 0 Å². The Hall–Kier alpha value is -2.09. The molecule has 1 aliphatic heterocycles. The number of hydrogen-bond donors (Lipinski definition) is 2. The van der Waals surface area contributed by atoms with Crippen molar-refractivity contribution < 1.29 is 27.9 Å². The Morgan fingerprint density at radius 2 is 1.77 bits per heavy atom. The van der Waals surface area contributed by atoms with E-state index < -0.39 is 35.3 Å². The summed E-state index contributed by atoms with van der Waals surface area (Å²) < 4.78 is 37.4. The molecule has 3 amide bonds. The van der Waals surface area contributed by atoms with Crippen LogP contribution in [0.5, 0.6) is 0 Å². The number of carbonyl (C=O) groups is 2. The van der Waals surface area contributed by atoms with Crippen molar-refractivity contribution in [2.24, 2.45) is 0 Å². The van der Waals surface area contributed by atoms with Gasteiger partial charge in [0.15, 0.2) is 0 Å². The lowest BCUT2D eigenvalue weighted by molar-refractivity contribution is -0.137. The summed E-state index contributed by atoms with van der Waals surface area (Å²) in [5.74, 6) is -0.497. The molecular weight excluding hydrogens is 301 g/mol. The number of halogens is 3. The normalized spacial score (nSPS) is 19.3. The van der Waals surface area contributed by atoms with Crippen molar-refractivity contribution in [2.75, 3.05) is 6.54 Å². The van der Waals surface area contributed by atoms with Crippen LogP contribution in [0.4, 0.5) is 18.0 Å². The number of hydrogen-bond acceptors (Lipinski definition) is 3. The van der Waals surface area contributed by atoms with Gasteiger partial charge in [-0.25, -0.2) is 4.79 Å². The molecule has 0 aromatic heterocycles. The van der Waals surface area contributed by atoms with E-state index in [4.69, 9.17) is 0 Å². The fourth-order valence-corrected chi connectivity index (χ4v) is 2.16. The highest BCUT2D eigenvalue weighted by molar-refractivity contribution is 6.06. The number of nitrogens with zero attached hydrogens (tertiary/aromatic N) is 1. The summed E-state index contributed by atoms with van der Waals surface area (Å²) in [7, 11) is 0. The van der Waals surface area contributed by atoms with Crippen LogP contribution in [0, 0.1) is 0 Å². The second-order valence-corrected chi connectivity index (χ2v) is 5.61. The molecule has 1 aliphatic rings. The highest BCUT2D eigenvalue weighted by Gasteiger charge is 2.44. The zero-order valence-corrected chi connectivity index (χ0v) is 11.9. The number of alkyl halides is 3. The Bertz CT molecular complexity index is 596. The molecule has 5 nitrogen and oxygen atoms in total. The van der Waals surface area contributed by atoms with Crippen LogP contribution in [0.2, 0.25) is 0 Å². The first-order valence-electron chi connectivity index (χ1n) is 6.52. The van der Waals surface area contributed by atoms with E-state index in [-0.39, 0.29) is 12.1 Å². The molecule has 1 fully saturated rings. The topological polar surface area (TPSA) is 69.6 Å². The molecule has 1 atom stereocenters. The summed E-state index contributed by atoms with van der Waals surface area (Å²) in [4.78, 5) is 24.5. The van der Waals surface area contributed by atoms with Gasteiger partial charge >= 0.3 is 12.2 Å². The number of carbonyl (C=O) groups excluding carboxylic acids is 2. The minimum atomic E-state index is -4.46. The molecule has 22 heavy (non-hydrogen) atoms. The minimum Gasteiger partial charge on any atom is -0.387 e. The van der Waals surface area contributed by atoms with E-state index in [2.05, 4.69) is 5.32 Å². The number of nitrogens with one attached hydrogen (secondary N) is 1. The van der Waals surface area contributed by atoms with Gasteiger partial charge in [0.25, 0.3) is 5.91 Å². The third-order valence-corrected chi connectivity index (χ3v) is 3.42. The largest absolute Gasteiger partial charge is 0.416 e. The van der Waals surface area contributed by atoms with Gasteiger partial charge in [-0.1, -0.05) is 12.1 Å². The quantitative estimate of drug-likeness (QED) is 0.839. The van der Waals surface area contributed by atoms with Gasteiger partial charge in [-0.15, -0.1) is 0 Å². The SMILES string of the molecule is CC1(C)NC(=O)N(CC(O)c2ccc(C(F)(F)F)cc2)C1=O. The van der Waals surface area contributed by atoms with Crippen molar-refractivity contribution in [2.45, 2.75) is 31.7 Å². The Morgan fingerprint density at radius 3 is 2.18 bits per heavy atom. The van der Waals surface area contributed by atoms with Gasteiger partial charge in [-0.05, 0) is 31.5 Å². The van der Waals surface area contributed by atoms with Gasteiger partial charge in [0.2, 0.25) is 0 Å². The first kappa shape index (κ1) is 16.3. The highest BCUT2D eigenvalue weighted by atomic mass is 19.4. The molecule has 0 saturated carbocycles. The Balaban J connectivity index is 2.11. The lowest BCUT2D eigenvalue weighted by atomic mass is 10.0. The van der Waals surface area contributed by atoms with Crippen LogP contribution in [0.1, 0.15) is 31.1 Å². The van der Waals surface area contributed by atoms with Crippen LogP contribution in [0.25, 0.3) is 0 Å². The number of rotatable bonds is 3. The number of β-amino-alcohol motifs (C(OH)–C–C–N with tert-alkyl or cyclic N) is 1. The lowest BCUT2D eigenvalue weighted by Gasteiger charge is -2.19. The Kier molecular flexibility index (Phi) is 3.90. The highest BCUT2D eigenvalue weighted by Crippen LogP contribution is 2.30. The maximum atomic E-state index is 12.5. The molecular formula is C14H15F3N2O3. The fraction of sp³-hybridized carbons (Fsp3) is 0.429. The lowest BCUT2D eigenvalue weighted by Crippen LogP contribution is -2.40. The zero-order valence-electron chi connectivity index (χ0n) is 11.9. The van der Waals surface area contributed by atoms with Gasteiger partial charge in [-0.2, -0.15) is 13.2 Å². The monoisotopic (exact) mass is 316 g/mol. The van der Waals surface area contributed by atoms with Crippen LogP contribution in [0.3, 0.4) is 0 Å². The van der Waals surface area contributed by atoms with Crippen molar-refractivity contribution in [3.8, 4) is 0 Å². The van der Waals surface area contributed by atoms with E-state index in [0.29, 0.717) is 0 Å².